The highest BCUT2D eigenvalue weighted by Crippen LogP contribution is 2.37. The van der Waals surface area contributed by atoms with Gasteiger partial charge in [0, 0.05) is 12.1 Å². The van der Waals surface area contributed by atoms with Gasteiger partial charge in [-0.05, 0) is 67.5 Å². The summed E-state index contributed by atoms with van der Waals surface area (Å²) >= 11 is 0. The second-order valence-corrected chi connectivity index (χ2v) is 7.97. The van der Waals surface area contributed by atoms with Gasteiger partial charge in [0.15, 0.2) is 0 Å². The zero-order valence-corrected chi connectivity index (χ0v) is 14.3. The van der Waals surface area contributed by atoms with Gasteiger partial charge in [0.1, 0.15) is 0 Å². The molecule has 1 heterocycles. The molecule has 21 heavy (non-hydrogen) atoms. The van der Waals surface area contributed by atoms with Crippen LogP contribution in [0, 0.1) is 0 Å². The van der Waals surface area contributed by atoms with E-state index in [2.05, 4.69) is 43.5 Å². The van der Waals surface area contributed by atoms with Crippen LogP contribution in [0.15, 0.2) is 0 Å². The molecule has 2 aliphatic rings. The number of hydrogen-bond donors (Lipinski definition) is 2. The van der Waals surface area contributed by atoms with Gasteiger partial charge in [-0.3, -0.25) is 0 Å². The number of hydrogen-bond acceptors (Lipinski definition) is 3. The van der Waals surface area contributed by atoms with Crippen LogP contribution in [0.3, 0.4) is 0 Å². The fourth-order valence-corrected chi connectivity index (χ4v) is 3.73. The molecule has 5 nitrogen and oxygen atoms in total. The summed E-state index contributed by atoms with van der Waals surface area (Å²) in [6.45, 7) is 8.24. The molecule has 2 rings (SSSR count). The highest BCUT2D eigenvalue weighted by atomic mass is 16.5. The van der Waals surface area contributed by atoms with Crippen molar-refractivity contribution in [1.82, 2.24) is 15.5 Å². The Balaban J connectivity index is 1.83. The molecule has 3 atom stereocenters. The smallest absolute Gasteiger partial charge is 0.315 e. The van der Waals surface area contributed by atoms with Gasteiger partial charge in [-0.1, -0.05) is 0 Å². The molecule has 0 unspecified atom stereocenters. The van der Waals surface area contributed by atoms with Crippen LogP contribution < -0.4 is 10.6 Å². The van der Waals surface area contributed by atoms with Gasteiger partial charge in [0.25, 0.3) is 0 Å². The summed E-state index contributed by atoms with van der Waals surface area (Å²) in [6, 6.07) is 0.869. The first-order chi connectivity index (χ1) is 9.59. The maximum absolute atomic E-state index is 12.2. The van der Waals surface area contributed by atoms with Crippen LogP contribution in [0.25, 0.3) is 0 Å². The number of nitrogens with one attached hydrogen (secondary N) is 2. The molecule has 0 bridgehead atoms. The summed E-state index contributed by atoms with van der Waals surface area (Å²) in [5.41, 5.74) is -0.493. The van der Waals surface area contributed by atoms with E-state index in [1.807, 2.05) is 13.8 Å². The molecule has 2 N–H and O–H groups in total. The average Bonchev–Trinajstić information content (AvgIpc) is 2.81. The van der Waals surface area contributed by atoms with E-state index in [1.54, 1.807) is 0 Å². The maximum Gasteiger partial charge on any atom is 0.315 e. The lowest BCUT2D eigenvalue weighted by Crippen LogP contribution is -2.51. The Labute approximate surface area is 128 Å². The predicted octanol–water partition coefficient (Wildman–Crippen LogP) is 2.11. The molecule has 1 aliphatic carbocycles. The van der Waals surface area contributed by atoms with E-state index < -0.39 is 0 Å². The first-order valence-electron chi connectivity index (χ1n) is 8.03. The molecule has 122 valence electrons. The van der Waals surface area contributed by atoms with Crippen molar-refractivity contribution >= 4 is 6.03 Å². The van der Waals surface area contributed by atoms with Crippen LogP contribution in [0.5, 0.6) is 0 Å². The van der Waals surface area contributed by atoms with Crippen LogP contribution in [0.2, 0.25) is 0 Å². The molecule has 1 saturated carbocycles. The Morgan fingerprint density at radius 3 is 2.29 bits per heavy atom. The van der Waals surface area contributed by atoms with E-state index >= 15 is 0 Å². The average molecular weight is 297 g/mol. The zero-order valence-electron chi connectivity index (χ0n) is 14.3. The van der Waals surface area contributed by atoms with Crippen molar-refractivity contribution in [3.63, 3.8) is 0 Å². The highest BCUT2D eigenvalue weighted by Gasteiger charge is 2.46. The summed E-state index contributed by atoms with van der Waals surface area (Å²) in [5.74, 6) is 0. The predicted molar refractivity (Wildman–Crippen MR) is 84.4 cm³/mol. The van der Waals surface area contributed by atoms with Gasteiger partial charge in [-0.25, -0.2) is 4.79 Å². The molecule has 0 aromatic rings. The minimum atomic E-state index is -0.317. The molecular weight excluding hydrogens is 266 g/mol. The van der Waals surface area contributed by atoms with Crippen LogP contribution in [-0.2, 0) is 4.74 Å². The molecular formula is C16H31N3O2. The molecule has 0 aromatic carbocycles. The van der Waals surface area contributed by atoms with Gasteiger partial charge in [-0.2, -0.15) is 0 Å². The normalized spacial score (nSPS) is 34.1. The number of rotatable bonds is 3. The number of carbonyl (C=O) groups is 1. The van der Waals surface area contributed by atoms with Crippen molar-refractivity contribution in [2.45, 2.75) is 82.7 Å². The largest absolute Gasteiger partial charge is 0.367 e. The summed E-state index contributed by atoms with van der Waals surface area (Å²) in [7, 11) is 4.21. The van der Waals surface area contributed by atoms with Gasteiger partial charge in [0.05, 0.1) is 17.2 Å². The molecule has 2 fully saturated rings. The Kier molecular flexibility index (Phi) is 4.54. The highest BCUT2D eigenvalue weighted by molar-refractivity contribution is 5.74. The van der Waals surface area contributed by atoms with Crippen molar-refractivity contribution in [3.8, 4) is 0 Å². The summed E-state index contributed by atoms with van der Waals surface area (Å²) < 4.78 is 6.02. The van der Waals surface area contributed by atoms with Crippen LogP contribution in [-0.4, -0.2) is 54.4 Å². The summed E-state index contributed by atoms with van der Waals surface area (Å²) in [6.07, 6.45) is 4.10. The van der Waals surface area contributed by atoms with Gasteiger partial charge in [-0.15, -0.1) is 0 Å². The topological polar surface area (TPSA) is 53.6 Å². The number of amides is 2. The molecule has 1 saturated heterocycles. The van der Waals surface area contributed by atoms with E-state index in [9.17, 15) is 4.79 Å². The molecule has 1 aliphatic heterocycles. The third kappa shape index (κ3) is 4.10. The number of nitrogens with zero attached hydrogens (tertiary/aromatic N) is 1. The fraction of sp³-hybridized carbons (Fsp3) is 0.938. The van der Waals surface area contributed by atoms with E-state index in [0.717, 1.165) is 25.7 Å². The first kappa shape index (κ1) is 16.6. The molecule has 0 radical (unpaired) electrons. The molecule has 0 spiro atoms. The third-order valence-electron chi connectivity index (χ3n) is 4.85. The van der Waals surface area contributed by atoms with Crippen molar-refractivity contribution in [2.75, 3.05) is 14.1 Å². The van der Waals surface area contributed by atoms with Gasteiger partial charge in [0.2, 0.25) is 0 Å². The van der Waals surface area contributed by atoms with Gasteiger partial charge < -0.3 is 20.3 Å². The van der Waals surface area contributed by atoms with E-state index in [1.165, 1.54) is 0 Å². The second kappa shape index (κ2) is 5.76. The minimum absolute atomic E-state index is 0.0542. The Hall–Kier alpha value is -0.810. The lowest BCUT2D eigenvalue weighted by Gasteiger charge is -2.28. The first-order valence-corrected chi connectivity index (χ1v) is 8.03. The van der Waals surface area contributed by atoms with Crippen LogP contribution in [0.1, 0.15) is 53.4 Å². The van der Waals surface area contributed by atoms with Crippen LogP contribution in [0.4, 0.5) is 4.79 Å². The molecule has 0 aromatic heterocycles. The monoisotopic (exact) mass is 297 g/mol. The van der Waals surface area contributed by atoms with Crippen molar-refractivity contribution < 1.29 is 9.53 Å². The Morgan fingerprint density at radius 1 is 1.14 bits per heavy atom. The van der Waals surface area contributed by atoms with Gasteiger partial charge >= 0.3 is 6.03 Å². The lowest BCUT2D eigenvalue weighted by molar-refractivity contribution is -0.0690. The van der Waals surface area contributed by atoms with E-state index in [-0.39, 0.29) is 29.3 Å². The minimum Gasteiger partial charge on any atom is -0.367 e. The maximum atomic E-state index is 12.2. The third-order valence-corrected chi connectivity index (χ3v) is 4.85. The quantitative estimate of drug-likeness (QED) is 0.839. The fourth-order valence-electron chi connectivity index (χ4n) is 3.73. The number of ether oxygens (including phenoxy) is 1. The summed E-state index contributed by atoms with van der Waals surface area (Å²) in [4.78, 5) is 14.5. The second-order valence-electron chi connectivity index (χ2n) is 7.97. The van der Waals surface area contributed by atoms with Crippen molar-refractivity contribution in [2.24, 2.45) is 0 Å². The zero-order chi connectivity index (χ0) is 15.8. The van der Waals surface area contributed by atoms with Crippen LogP contribution >= 0.6 is 0 Å². The lowest BCUT2D eigenvalue weighted by atomic mass is 9.95. The Morgan fingerprint density at radius 2 is 1.81 bits per heavy atom. The number of urea groups is 1. The Bertz CT molecular complexity index is 393. The van der Waals surface area contributed by atoms with Crippen molar-refractivity contribution in [1.29, 1.82) is 0 Å². The van der Waals surface area contributed by atoms with E-state index in [4.69, 9.17) is 4.74 Å². The molecule has 2 amide bonds. The molecule has 5 heteroatoms. The van der Waals surface area contributed by atoms with Crippen molar-refractivity contribution in [3.05, 3.63) is 0 Å². The summed E-state index contributed by atoms with van der Waals surface area (Å²) in [5, 5.41) is 6.23. The van der Waals surface area contributed by atoms with E-state index in [0.29, 0.717) is 6.04 Å². The number of carbonyl (C=O) groups excluding carboxylic acids is 1. The standard InChI is InChI=1S/C16H31N3O2/c1-15(2)10-13(16(3,4)21-15)18-14(20)17-11-7-8-12(9-11)19(5)6/h11-13H,7-10H2,1-6H3,(H2,17,18,20)/t11-,12+,13+/m0/s1. The SMILES string of the molecule is CN(C)[C@@H]1CC[C@H](NC(=O)N[C@@H]2CC(C)(C)OC2(C)C)C1.